The molecule has 1 N–H and O–H groups in total. The number of halogens is 4. The molecule has 2 aromatic rings. The highest BCUT2D eigenvalue weighted by molar-refractivity contribution is 6.33. The van der Waals surface area contributed by atoms with Crippen LogP contribution in [-0.4, -0.2) is 6.54 Å². The number of rotatable bonds is 4. The summed E-state index contributed by atoms with van der Waals surface area (Å²) in [5, 5.41) is 4.06. The summed E-state index contributed by atoms with van der Waals surface area (Å²) in [5.41, 5.74) is 1.10. The van der Waals surface area contributed by atoms with Crippen molar-refractivity contribution >= 4 is 23.2 Å². The quantitative estimate of drug-likeness (QED) is 0.804. The van der Waals surface area contributed by atoms with Crippen molar-refractivity contribution in [1.29, 1.82) is 0 Å². The Hall–Kier alpha value is -1.16. The Bertz CT molecular complexity index is 659. The number of hydrogen-bond donors (Lipinski definition) is 1. The van der Waals surface area contributed by atoms with Crippen LogP contribution in [0.1, 0.15) is 29.7 Å². The van der Waals surface area contributed by atoms with Gasteiger partial charge in [-0.1, -0.05) is 30.1 Å². The van der Waals surface area contributed by atoms with Crippen molar-refractivity contribution in [2.75, 3.05) is 6.54 Å². The Morgan fingerprint density at radius 2 is 1.76 bits per heavy atom. The Kier molecular flexibility index (Phi) is 5.20. The van der Waals surface area contributed by atoms with E-state index < -0.39 is 17.7 Å². The van der Waals surface area contributed by atoms with Gasteiger partial charge in [-0.2, -0.15) is 0 Å². The summed E-state index contributed by atoms with van der Waals surface area (Å²) < 4.78 is 28.0. The van der Waals surface area contributed by atoms with Gasteiger partial charge in [-0.3, -0.25) is 0 Å². The van der Waals surface area contributed by atoms with Crippen molar-refractivity contribution in [3.8, 4) is 0 Å². The third-order valence-corrected chi connectivity index (χ3v) is 3.85. The predicted molar refractivity (Wildman–Crippen MR) is 83.1 cm³/mol. The van der Waals surface area contributed by atoms with E-state index in [1.807, 2.05) is 6.92 Å². The Balaban J connectivity index is 2.58. The molecule has 0 fully saturated rings. The first-order valence-corrected chi connectivity index (χ1v) is 7.33. The molecule has 0 heterocycles. The topological polar surface area (TPSA) is 12.0 Å². The van der Waals surface area contributed by atoms with Gasteiger partial charge >= 0.3 is 0 Å². The standard InChI is InChI=1S/C16H15Cl2F2N/c1-3-21-16(11-7-10(17)4-5-13(11)18)12-8-14(19)9(2)6-15(12)20/h4-8,16,21H,3H2,1-2H3. The molecule has 112 valence electrons. The molecule has 0 bridgehead atoms. The summed E-state index contributed by atoms with van der Waals surface area (Å²) in [6.45, 7) is 3.98. The number of hydrogen-bond acceptors (Lipinski definition) is 1. The van der Waals surface area contributed by atoms with E-state index in [1.165, 1.54) is 19.1 Å². The van der Waals surface area contributed by atoms with Crippen LogP contribution in [0, 0.1) is 18.6 Å². The fourth-order valence-corrected chi connectivity index (χ4v) is 2.62. The highest BCUT2D eigenvalue weighted by atomic mass is 35.5. The van der Waals surface area contributed by atoms with E-state index >= 15 is 0 Å². The van der Waals surface area contributed by atoms with Crippen LogP contribution in [-0.2, 0) is 0 Å². The number of benzene rings is 2. The zero-order chi connectivity index (χ0) is 15.6. The molecule has 0 saturated carbocycles. The maximum absolute atomic E-state index is 14.2. The van der Waals surface area contributed by atoms with Gasteiger partial charge in [-0.15, -0.1) is 0 Å². The van der Waals surface area contributed by atoms with Crippen LogP contribution in [0.25, 0.3) is 0 Å². The Morgan fingerprint density at radius 3 is 2.43 bits per heavy atom. The van der Waals surface area contributed by atoms with Gasteiger partial charge in [0.1, 0.15) is 11.6 Å². The third-order valence-electron chi connectivity index (χ3n) is 3.27. The monoisotopic (exact) mass is 329 g/mol. The van der Waals surface area contributed by atoms with Crippen LogP contribution in [0.5, 0.6) is 0 Å². The largest absolute Gasteiger partial charge is 0.306 e. The second-order valence-corrected chi connectivity index (χ2v) is 5.62. The number of aryl methyl sites for hydroxylation is 1. The second-order valence-electron chi connectivity index (χ2n) is 4.78. The normalized spacial score (nSPS) is 12.5. The second kappa shape index (κ2) is 6.73. The summed E-state index contributed by atoms with van der Waals surface area (Å²) in [4.78, 5) is 0. The van der Waals surface area contributed by atoms with Crippen LogP contribution in [0.2, 0.25) is 10.0 Å². The minimum absolute atomic E-state index is 0.212. The molecule has 2 aromatic carbocycles. The van der Waals surface area contributed by atoms with Crippen molar-refractivity contribution in [1.82, 2.24) is 5.32 Å². The molecule has 21 heavy (non-hydrogen) atoms. The molecule has 0 aromatic heterocycles. The highest BCUT2D eigenvalue weighted by Gasteiger charge is 2.21. The molecule has 2 rings (SSSR count). The molecule has 0 saturated heterocycles. The molecule has 1 unspecified atom stereocenters. The van der Waals surface area contributed by atoms with E-state index in [4.69, 9.17) is 23.2 Å². The van der Waals surface area contributed by atoms with Crippen LogP contribution in [0.15, 0.2) is 30.3 Å². The van der Waals surface area contributed by atoms with E-state index in [-0.39, 0.29) is 11.1 Å². The van der Waals surface area contributed by atoms with Gasteiger partial charge in [0.2, 0.25) is 0 Å². The minimum atomic E-state index is -0.559. The zero-order valence-electron chi connectivity index (χ0n) is 11.7. The smallest absolute Gasteiger partial charge is 0.128 e. The van der Waals surface area contributed by atoms with E-state index in [9.17, 15) is 8.78 Å². The van der Waals surface area contributed by atoms with Gasteiger partial charge < -0.3 is 5.32 Å². The molecule has 1 atom stereocenters. The first-order chi connectivity index (χ1) is 9.93. The van der Waals surface area contributed by atoms with Crippen LogP contribution < -0.4 is 5.32 Å². The van der Waals surface area contributed by atoms with Gasteiger partial charge in [0.05, 0.1) is 6.04 Å². The van der Waals surface area contributed by atoms with E-state index in [0.29, 0.717) is 22.2 Å². The molecule has 0 aliphatic carbocycles. The first-order valence-electron chi connectivity index (χ1n) is 6.58. The van der Waals surface area contributed by atoms with Gasteiger partial charge in [0.15, 0.2) is 0 Å². The van der Waals surface area contributed by atoms with E-state index in [1.54, 1.807) is 18.2 Å². The lowest BCUT2D eigenvalue weighted by Gasteiger charge is -2.21. The van der Waals surface area contributed by atoms with E-state index in [0.717, 1.165) is 0 Å². The minimum Gasteiger partial charge on any atom is -0.306 e. The van der Waals surface area contributed by atoms with Crippen molar-refractivity contribution < 1.29 is 8.78 Å². The van der Waals surface area contributed by atoms with Crippen molar-refractivity contribution in [2.45, 2.75) is 19.9 Å². The number of nitrogens with one attached hydrogen (secondary N) is 1. The first kappa shape index (κ1) is 16.2. The lowest BCUT2D eigenvalue weighted by Crippen LogP contribution is -2.23. The molecule has 0 aliphatic rings. The molecule has 5 heteroatoms. The zero-order valence-corrected chi connectivity index (χ0v) is 13.2. The lowest BCUT2D eigenvalue weighted by atomic mass is 9.96. The lowest BCUT2D eigenvalue weighted by molar-refractivity contribution is 0.541. The Morgan fingerprint density at radius 1 is 1.05 bits per heavy atom. The summed E-state index contributed by atoms with van der Waals surface area (Å²) in [6.07, 6.45) is 0. The Labute approximate surface area is 132 Å². The average Bonchev–Trinajstić information content (AvgIpc) is 2.43. The predicted octanol–water partition coefficient (Wildman–Crippen LogP) is 5.28. The van der Waals surface area contributed by atoms with Gasteiger partial charge in [0, 0.05) is 15.6 Å². The molecule has 0 aliphatic heterocycles. The molecule has 0 amide bonds. The van der Waals surface area contributed by atoms with Crippen LogP contribution in [0.3, 0.4) is 0 Å². The fourth-order valence-electron chi connectivity index (χ4n) is 2.21. The van der Waals surface area contributed by atoms with Crippen molar-refractivity contribution in [3.05, 3.63) is 68.7 Å². The highest BCUT2D eigenvalue weighted by Crippen LogP contribution is 2.32. The van der Waals surface area contributed by atoms with Crippen molar-refractivity contribution in [3.63, 3.8) is 0 Å². The summed E-state index contributed by atoms with van der Waals surface area (Å²) in [6, 6.07) is 6.79. The van der Waals surface area contributed by atoms with E-state index in [2.05, 4.69) is 5.32 Å². The summed E-state index contributed by atoms with van der Waals surface area (Å²) in [7, 11) is 0. The van der Waals surface area contributed by atoms with Crippen molar-refractivity contribution in [2.24, 2.45) is 0 Å². The SMILES string of the molecule is CCNC(c1cc(F)c(C)cc1F)c1cc(Cl)ccc1Cl. The van der Waals surface area contributed by atoms with Gasteiger partial charge in [-0.05, 0) is 54.9 Å². The molecular weight excluding hydrogens is 315 g/mol. The fraction of sp³-hybridized carbons (Fsp3) is 0.250. The maximum atomic E-state index is 14.2. The maximum Gasteiger partial charge on any atom is 0.128 e. The third kappa shape index (κ3) is 3.54. The summed E-state index contributed by atoms with van der Waals surface area (Å²) in [5.74, 6) is -0.927. The van der Waals surface area contributed by atoms with Gasteiger partial charge in [-0.25, -0.2) is 8.78 Å². The van der Waals surface area contributed by atoms with Crippen LogP contribution >= 0.6 is 23.2 Å². The average molecular weight is 330 g/mol. The summed E-state index contributed by atoms with van der Waals surface area (Å²) >= 11 is 12.2. The molecule has 0 spiro atoms. The molecular formula is C16H15Cl2F2N. The molecule has 0 radical (unpaired) electrons. The molecule has 1 nitrogen and oxygen atoms in total. The van der Waals surface area contributed by atoms with Gasteiger partial charge in [0.25, 0.3) is 0 Å². The van der Waals surface area contributed by atoms with Crippen LogP contribution in [0.4, 0.5) is 8.78 Å².